The Morgan fingerprint density at radius 2 is 1.83 bits per heavy atom. The van der Waals surface area contributed by atoms with Gasteiger partial charge in [-0.3, -0.25) is 14.7 Å². The number of anilines is 1. The Morgan fingerprint density at radius 1 is 1.10 bits per heavy atom. The van der Waals surface area contributed by atoms with Gasteiger partial charge in [0.15, 0.2) is 17.8 Å². The number of halogens is 4. The maximum Gasteiger partial charge on any atom is 0.421 e. The number of cyclic esters (lactones) is 1. The van der Waals surface area contributed by atoms with Gasteiger partial charge in [0, 0.05) is 42.6 Å². The number of hydrogen-bond acceptors (Lipinski definition) is 6. The fourth-order valence-electron chi connectivity index (χ4n) is 5.37. The van der Waals surface area contributed by atoms with Crippen LogP contribution in [0.3, 0.4) is 0 Å². The van der Waals surface area contributed by atoms with Crippen LogP contribution >= 0.6 is 0 Å². The molecular formula is C30H29F4N3O4. The minimum Gasteiger partial charge on any atom is -0.438 e. The van der Waals surface area contributed by atoms with Gasteiger partial charge in [-0.25, -0.2) is 14.2 Å². The summed E-state index contributed by atoms with van der Waals surface area (Å²) in [4.78, 5) is 35.3. The van der Waals surface area contributed by atoms with Crippen LogP contribution < -0.4 is 9.64 Å². The molecule has 1 fully saturated rings. The number of hydrogen-bond donors (Lipinski definition) is 0. The van der Waals surface area contributed by atoms with E-state index in [-0.39, 0.29) is 28.6 Å². The quantitative estimate of drug-likeness (QED) is 0.237. The van der Waals surface area contributed by atoms with E-state index in [4.69, 9.17) is 9.47 Å². The SMILES string of the molecule is CC1CCC(C(=O)N2c3cc(F)c(Oc4ncc(C(C)c5cccnc5)cc4C(F)(F)F)cc3C(=O)OC2C)CC1. The summed E-state index contributed by atoms with van der Waals surface area (Å²) in [6.07, 6.45) is 1.57. The number of pyridine rings is 2. The Balaban J connectivity index is 1.48. The van der Waals surface area contributed by atoms with Crippen molar-refractivity contribution < 1.29 is 36.6 Å². The van der Waals surface area contributed by atoms with Gasteiger partial charge in [0.2, 0.25) is 11.8 Å². The smallest absolute Gasteiger partial charge is 0.421 e. The molecule has 2 aromatic heterocycles. The van der Waals surface area contributed by atoms with Gasteiger partial charge in [-0.15, -0.1) is 0 Å². The number of ether oxygens (including phenoxy) is 2. The summed E-state index contributed by atoms with van der Waals surface area (Å²) in [5.41, 5.74) is -0.458. The molecule has 1 aliphatic heterocycles. The number of alkyl halides is 3. The first kappa shape index (κ1) is 28.5. The van der Waals surface area contributed by atoms with Crippen LogP contribution in [0.5, 0.6) is 11.6 Å². The average molecular weight is 572 g/mol. The molecule has 3 aromatic rings. The number of aromatic nitrogens is 2. The van der Waals surface area contributed by atoms with Crippen molar-refractivity contribution in [3.63, 3.8) is 0 Å². The van der Waals surface area contributed by atoms with E-state index in [0.717, 1.165) is 31.0 Å². The van der Waals surface area contributed by atoms with Crippen LogP contribution in [0.1, 0.15) is 79.4 Å². The monoisotopic (exact) mass is 571 g/mol. The van der Waals surface area contributed by atoms with Gasteiger partial charge < -0.3 is 9.47 Å². The van der Waals surface area contributed by atoms with Crippen LogP contribution in [0.15, 0.2) is 48.9 Å². The van der Waals surface area contributed by atoms with E-state index < -0.39 is 47.3 Å². The Hall–Kier alpha value is -4.02. The first-order valence-corrected chi connectivity index (χ1v) is 13.5. The van der Waals surface area contributed by atoms with E-state index in [1.807, 2.05) is 0 Å². The number of esters is 1. The average Bonchev–Trinajstić information content (AvgIpc) is 2.94. The molecule has 1 saturated carbocycles. The van der Waals surface area contributed by atoms with E-state index in [1.54, 1.807) is 31.5 Å². The predicted octanol–water partition coefficient (Wildman–Crippen LogP) is 7.25. The van der Waals surface area contributed by atoms with E-state index in [2.05, 4.69) is 16.9 Å². The van der Waals surface area contributed by atoms with Crippen molar-refractivity contribution in [2.75, 3.05) is 4.90 Å². The van der Waals surface area contributed by atoms with Crippen molar-refractivity contribution in [1.82, 2.24) is 9.97 Å². The molecule has 2 atom stereocenters. The molecule has 0 N–H and O–H groups in total. The van der Waals surface area contributed by atoms with Crippen molar-refractivity contribution in [2.24, 2.45) is 11.8 Å². The number of amides is 1. The van der Waals surface area contributed by atoms with Crippen LogP contribution in [0.2, 0.25) is 0 Å². The maximum atomic E-state index is 15.4. The Kier molecular flexibility index (Phi) is 7.72. The highest BCUT2D eigenvalue weighted by atomic mass is 19.4. The lowest BCUT2D eigenvalue weighted by molar-refractivity contribution is -0.139. The molecule has 11 heteroatoms. The highest BCUT2D eigenvalue weighted by Crippen LogP contribution is 2.42. The number of nitrogens with zero attached hydrogens (tertiary/aromatic N) is 3. The Morgan fingerprint density at radius 3 is 2.49 bits per heavy atom. The van der Waals surface area contributed by atoms with Crippen molar-refractivity contribution in [2.45, 2.75) is 64.8 Å². The van der Waals surface area contributed by atoms with Crippen LogP contribution in [-0.4, -0.2) is 28.1 Å². The third-order valence-corrected chi connectivity index (χ3v) is 7.84. The number of carbonyl (C=O) groups excluding carboxylic acids is 2. The van der Waals surface area contributed by atoms with Gasteiger partial charge in [0.05, 0.1) is 11.3 Å². The molecule has 0 bridgehead atoms. The molecular weight excluding hydrogens is 542 g/mol. The van der Waals surface area contributed by atoms with Crippen molar-refractivity contribution >= 4 is 17.6 Å². The zero-order chi connectivity index (χ0) is 29.5. The largest absolute Gasteiger partial charge is 0.438 e. The second kappa shape index (κ2) is 11.1. The molecule has 7 nitrogen and oxygen atoms in total. The number of fused-ring (bicyclic) bond motifs is 1. The molecule has 41 heavy (non-hydrogen) atoms. The molecule has 0 saturated heterocycles. The topological polar surface area (TPSA) is 81.6 Å². The van der Waals surface area contributed by atoms with Crippen LogP contribution in [0.25, 0.3) is 0 Å². The van der Waals surface area contributed by atoms with Crippen molar-refractivity contribution in [1.29, 1.82) is 0 Å². The molecule has 1 aliphatic carbocycles. The highest BCUT2D eigenvalue weighted by Gasteiger charge is 2.40. The van der Waals surface area contributed by atoms with Gasteiger partial charge in [-0.1, -0.05) is 19.9 Å². The second-order valence-electron chi connectivity index (χ2n) is 10.7. The third-order valence-electron chi connectivity index (χ3n) is 7.84. The fraction of sp³-hybridized carbons (Fsp3) is 0.400. The van der Waals surface area contributed by atoms with Gasteiger partial charge in [0.25, 0.3) is 0 Å². The fourth-order valence-corrected chi connectivity index (χ4v) is 5.37. The van der Waals surface area contributed by atoms with E-state index in [0.29, 0.717) is 24.3 Å². The van der Waals surface area contributed by atoms with Crippen LogP contribution in [-0.2, 0) is 15.7 Å². The summed E-state index contributed by atoms with van der Waals surface area (Å²) >= 11 is 0. The summed E-state index contributed by atoms with van der Waals surface area (Å²) in [6.45, 7) is 5.34. The number of carbonyl (C=O) groups is 2. The number of rotatable bonds is 5. The van der Waals surface area contributed by atoms with E-state index >= 15 is 4.39 Å². The zero-order valence-corrected chi connectivity index (χ0v) is 22.7. The molecule has 0 radical (unpaired) electrons. The molecule has 1 aromatic carbocycles. The molecule has 3 heterocycles. The third kappa shape index (κ3) is 5.75. The van der Waals surface area contributed by atoms with Crippen LogP contribution in [0, 0.1) is 17.7 Å². The van der Waals surface area contributed by atoms with E-state index in [9.17, 15) is 22.8 Å². The number of benzene rings is 1. The standard InChI is InChI=1S/C30H29F4N3O4/c1-16-6-8-19(9-7-16)28(38)37-18(3)40-29(39)22-12-26(24(31)13-25(22)37)41-27-23(30(32,33)34)11-21(15-36-27)17(2)20-5-4-10-35-14-20/h4-5,10-19H,6-9H2,1-3H3. The Bertz CT molecular complexity index is 1460. The minimum absolute atomic E-state index is 0.00753. The predicted molar refractivity (Wildman–Crippen MR) is 141 cm³/mol. The molecule has 0 spiro atoms. The molecule has 5 rings (SSSR count). The molecule has 2 unspecified atom stereocenters. The van der Waals surface area contributed by atoms with Gasteiger partial charge in [-0.05, 0) is 61.8 Å². The van der Waals surface area contributed by atoms with Crippen LogP contribution in [0.4, 0.5) is 23.2 Å². The molecule has 1 amide bonds. The molecule has 2 aliphatic rings. The lowest BCUT2D eigenvalue weighted by atomic mass is 9.82. The summed E-state index contributed by atoms with van der Waals surface area (Å²) in [6, 6.07) is 6.20. The second-order valence-corrected chi connectivity index (χ2v) is 10.7. The zero-order valence-electron chi connectivity index (χ0n) is 22.7. The summed E-state index contributed by atoms with van der Waals surface area (Å²) in [5.74, 6) is -3.97. The maximum absolute atomic E-state index is 15.4. The van der Waals surface area contributed by atoms with Crippen molar-refractivity contribution in [3.8, 4) is 11.6 Å². The van der Waals surface area contributed by atoms with Crippen molar-refractivity contribution in [3.05, 3.63) is 77.0 Å². The van der Waals surface area contributed by atoms with E-state index in [1.165, 1.54) is 18.0 Å². The first-order valence-electron chi connectivity index (χ1n) is 13.5. The van der Waals surface area contributed by atoms with Gasteiger partial charge in [-0.2, -0.15) is 13.2 Å². The lowest BCUT2D eigenvalue weighted by Crippen LogP contribution is -2.48. The first-order chi connectivity index (χ1) is 19.4. The minimum atomic E-state index is -4.87. The normalized spacial score (nSPS) is 21.6. The summed E-state index contributed by atoms with van der Waals surface area (Å²) in [7, 11) is 0. The Labute approximate surface area is 234 Å². The molecule has 216 valence electrons. The van der Waals surface area contributed by atoms with Gasteiger partial charge in [0.1, 0.15) is 5.56 Å². The van der Waals surface area contributed by atoms with Gasteiger partial charge >= 0.3 is 12.1 Å². The lowest BCUT2D eigenvalue weighted by Gasteiger charge is -2.37. The highest BCUT2D eigenvalue weighted by molar-refractivity contribution is 6.06. The summed E-state index contributed by atoms with van der Waals surface area (Å²) < 4.78 is 68.3. The summed E-state index contributed by atoms with van der Waals surface area (Å²) in [5, 5.41) is 0.